The van der Waals surface area contributed by atoms with E-state index in [2.05, 4.69) is 31.0 Å². The molecule has 0 aromatic heterocycles. The second kappa shape index (κ2) is 6.38. The zero-order valence-corrected chi connectivity index (χ0v) is 12.2. The average molecular weight is 264 g/mol. The molecule has 1 aromatic carbocycles. The Hall–Kier alpha value is -1.09. The highest BCUT2D eigenvalue weighted by molar-refractivity contribution is 5.56. The van der Waals surface area contributed by atoms with Gasteiger partial charge in [0.25, 0.3) is 0 Å². The molecule has 1 aromatic rings. The van der Waals surface area contributed by atoms with Crippen LogP contribution in [0.15, 0.2) is 18.2 Å². The van der Waals surface area contributed by atoms with E-state index >= 15 is 0 Å². The smallest absolute Gasteiger partial charge is 0.146 e. The van der Waals surface area contributed by atoms with E-state index in [0.29, 0.717) is 5.92 Å². The van der Waals surface area contributed by atoms with Gasteiger partial charge in [-0.05, 0) is 43.9 Å². The van der Waals surface area contributed by atoms with Crippen LogP contribution in [0.1, 0.15) is 45.2 Å². The quantitative estimate of drug-likeness (QED) is 0.891. The number of para-hydroxylation sites is 1. The minimum Gasteiger partial charge on any atom is -0.369 e. The molecule has 19 heavy (non-hydrogen) atoms. The van der Waals surface area contributed by atoms with Gasteiger partial charge < -0.3 is 10.2 Å². The van der Waals surface area contributed by atoms with Crippen LogP contribution in [0.4, 0.5) is 10.1 Å². The molecule has 1 heterocycles. The Morgan fingerprint density at radius 2 is 2.26 bits per heavy atom. The van der Waals surface area contributed by atoms with E-state index < -0.39 is 0 Å². The van der Waals surface area contributed by atoms with Crippen molar-refractivity contribution >= 4 is 5.69 Å². The molecule has 1 N–H and O–H groups in total. The number of hydrogen-bond acceptors (Lipinski definition) is 2. The molecule has 2 rings (SSSR count). The summed E-state index contributed by atoms with van der Waals surface area (Å²) < 4.78 is 14.3. The highest BCUT2D eigenvalue weighted by Gasteiger charge is 2.23. The van der Waals surface area contributed by atoms with Crippen molar-refractivity contribution in [1.29, 1.82) is 0 Å². The molecule has 1 fully saturated rings. The maximum absolute atomic E-state index is 14.3. The normalized spacial score (nSPS) is 21.5. The molecule has 1 aliphatic rings. The summed E-state index contributed by atoms with van der Waals surface area (Å²) in [4.78, 5) is 2.23. The van der Waals surface area contributed by atoms with Crippen LogP contribution in [-0.4, -0.2) is 19.6 Å². The number of nitrogens with one attached hydrogen (secondary N) is 1. The van der Waals surface area contributed by atoms with Crippen molar-refractivity contribution in [1.82, 2.24) is 5.32 Å². The van der Waals surface area contributed by atoms with Gasteiger partial charge in [-0.3, -0.25) is 0 Å². The molecule has 2 unspecified atom stereocenters. The van der Waals surface area contributed by atoms with E-state index in [-0.39, 0.29) is 11.9 Å². The second-order valence-electron chi connectivity index (χ2n) is 5.65. The zero-order chi connectivity index (χ0) is 13.8. The minimum atomic E-state index is -0.0867. The second-order valence-corrected chi connectivity index (χ2v) is 5.65. The lowest BCUT2D eigenvalue weighted by Crippen LogP contribution is -2.36. The average Bonchev–Trinajstić information content (AvgIpc) is 2.38. The minimum absolute atomic E-state index is 0.0867. The number of halogens is 1. The lowest BCUT2D eigenvalue weighted by atomic mass is 9.97. The Morgan fingerprint density at radius 1 is 1.47 bits per heavy atom. The van der Waals surface area contributed by atoms with E-state index in [1.54, 1.807) is 6.07 Å². The molecule has 0 aliphatic carbocycles. The third-order valence-electron chi connectivity index (χ3n) is 3.97. The Morgan fingerprint density at radius 3 is 2.95 bits per heavy atom. The van der Waals surface area contributed by atoms with E-state index in [1.807, 2.05) is 12.1 Å². The number of nitrogens with zero attached hydrogens (tertiary/aromatic N) is 1. The van der Waals surface area contributed by atoms with Gasteiger partial charge in [-0.1, -0.05) is 26.0 Å². The highest BCUT2D eigenvalue weighted by Crippen LogP contribution is 2.32. The Kier molecular flexibility index (Phi) is 4.81. The van der Waals surface area contributed by atoms with Gasteiger partial charge in [0.2, 0.25) is 0 Å². The summed E-state index contributed by atoms with van der Waals surface area (Å²) >= 11 is 0. The summed E-state index contributed by atoms with van der Waals surface area (Å²) in [6, 6.07) is 5.63. The molecule has 2 atom stereocenters. The Labute approximate surface area is 116 Å². The zero-order valence-electron chi connectivity index (χ0n) is 12.2. The predicted molar refractivity (Wildman–Crippen MR) is 79.1 cm³/mol. The Balaban J connectivity index is 2.31. The summed E-state index contributed by atoms with van der Waals surface area (Å²) in [5.41, 5.74) is 1.89. The van der Waals surface area contributed by atoms with Crippen molar-refractivity contribution in [2.24, 2.45) is 5.92 Å². The molecule has 1 saturated heterocycles. The fourth-order valence-electron chi connectivity index (χ4n) is 3.02. The van der Waals surface area contributed by atoms with E-state index in [0.717, 1.165) is 37.3 Å². The summed E-state index contributed by atoms with van der Waals surface area (Å²) in [6.07, 6.45) is 2.41. The molecule has 0 spiro atoms. The van der Waals surface area contributed by atoms with Crippen molar-refractivity contribution in [2.45, 2.75) is 39.7 Å². The molecular formula is C16H25FN2. The Bertz CT molecular complexity index is 419. The van der Waals surface area contributed by atoms with Gasteiger partial charge in [-0.15, -0.1) is 0 Å². The third-order valence-corrected chi connectivity index (χ3v) is 3.97. The molecule has 0 radical (unpaired) electrons. The molecule has 2 nitrogen and oxygen atoms in total. The standard InChI is InChI=1S/C16H25FN2/c1-4-18-13(3)14-8-5-9-15(17)16(14)19-10-6-7-12(2)11-19/h5,8-9,12-13,18H,4,6-7,10-11H2,1-3H3. The molecule has 3 heteroatoms. The van der Waals surface area contributed by atoms with Crippen LogP contribution in [0.5, 0.6) is 0 Å². The van der Waals surface area contributed by atoms with Crippen LogP contribution in [0.2, 0.25) is 0 Å². The van der Waals surface area contributed by atoms with E-state index in [4.69, 9.17) is 0 Å². The molecule has 0 saturated carbocycles. The van der Waals surface area contributed by atoms with Crippen LogP contribution in [-0.2, 0) is 0 Å². The van der Waals surface area contributed by atoms with E-state index in [9.17, 15) is 4.39 Å². The molecule has 0 bridgehead atoms. The van der Waals surface area contributed by atoms with Crippen LogP contribution in [0.25, 0.3) is 0 Å². The molecule has 1 aliphatic heterocycles. The summed E-state index contributed by atoms with van der Waals surface area (Å²) in [7, 11) is 0. The monoisotopic (exact) mass is 264 g/mol. The third kappa shape index (κ3) is 3.27. The van der Waals surface area contributed by atoms with Gasteiger partial charge in [0.1, 0.15) is 5.82 Å². The SMILES string of the molecule is CCNC(C)c1cccc(F)c1N1CCCC(C)C1. The number of hydrogen-bond donors (Lipinski definition) is 1. The number of rotatable bonds is 4. The fraction of sp³-hybridized carbons (Fsp3) is 0.625. The first-order chi connectivity index (χ1) is 9.13. The van der Waals surface area contributed by atoms with Gasteiger partial charge in [-0.2, -0.15) is 0 Å². The van der Waals surface area contributed by atoms with Crippen molar-refractivity contribution in [2.75, 3.05) is 24.5 Å². The number of benzene rings is 1. The molecule has 106 valence electrons. The first kappa shape index (κ1) is 14.3. The van der Waals surface area contributed by atoms with Gasteiger partial charge >= 0.3 is 0 Å². The predicted octanol–water partition coefficient (Wildman–Crippen LogP) is 3.73. The maximum atomic E-state index is 14.3. The van der Waals surface area contributed by atoms with Crippen molar-refractivity contribution in [3.8, 4) is 0 Å². The van der Waals surface area contributed by atoms with Gasteiger partial charge in [0, 0.05) is 19.1 Å². The van der Waals surface area contributed by atoms with Crippen molar-refractivity contribution in [3.05, 3.63) is 29.6 Å². The van der Waals surface area contributed by atoms with Crippen LogP contribution >= 0.6 is 0 Å². The highest BCUT2D eigenvalue weighted by atomic mass is 19.1. The lowest BCUT2D eigenvalue weighted by Gasteiger charge is -2.35. The summed E-state index contributed by atoms with van der Waals surface area (Å²) in [6.45, 7) is 9.27. The van der Waals surface area contributed by atoms with Crippen molar-refractivity contribution < 1.29 is 4.39 Å². The first-order valence-corrected chi connectivity index (χ1v) is 7.40. The van der Waals surface area contributed by atoms with Crippen LogP contribution < -0.4 is 10.2 Å². The largest absolute Gasteiger partial charge is 0.369 e. The van der Waals surface area contributed by atoms with Gasteiger partial charge in [-0.25, -0.2) is 4.39 Å². The fourth-order valence-corrected chi connectivity index (χ4v) is 3.02. The topological polar surface area (TPSA) is 15.3 Å². The van der Waals surface area contributed by atoms with Crippen LogP contribution in [0, 0.1) is 11.7 Å². The van der Waals surface area contributed by atoms with Gasteiger partial charge in [0.15, 0.2) is 0 Å². The van der Waals surface area contributed by atoms with E-state index in [1.165, 1.54) is 6.42 Å². The molecular weight excluding hydrogens is 239 g/mol. The summed E-state index contributed by atoms with van der Waals surface area (Å²) in [5.74, 6) is 0.562. The molecule has 0 amide bonds. The summed E-state index contributed by atoms with van der Waals surface area (Å²) in [5, 5.41) is 3.39. The number of piperidine rings is 1. The lowest BCUT2D eigenvalue weighted by molar-refractivity contribution is 0.439. The maximum Gasteiger partial charge on any atom is 0.146 e. The number of anilines is 1. The van der Waals surface area contributed by atoms with Crippen LogP contribution in [0.3, 0.4) is 0 Å². The van der Waals surface area contributed by atoms with Gasteiger partial charge in [0.05, 0.1) is 5.69 Å². The first-order valence-electron chi connectivity index (χ1n) is 7.40. The van der Waals surface area contributed by atoms with Crippen molar-refractivity contribution in [3.63, 3.8) is 0 Å².